The van der Waals surface area contributed by atoms with E-state index in [0.29, 0.717) is 41.7 Å². The molecular weight excluding hydrogens is 426 g/mol. The minimum Gasteiger partial charge on any atom is -0.463 e. The van der Waals surface area contributed by atoms with Crippen LogP contribution in [0.2, 0.25) is 0 Å². The third-order valence-corrected chi connectivity index (χ3v) is 5.45. The number of nitrogens with one attached hydrogen (secondary N) is 2. The highest BCUT2D eigenvalue weighted by molar-refractivity contribution is 6.12. The SMILES string of the molecule is COCCNC(=O)[C@@]1(C)Cn2nc(-c3ccco3)cc2C(=O)N1c1ccc(NC(C)=O)cc1. The molecule has 1 aromatic carbocycles. The summed E-state index contributed by atoms with van der Waals surface area (Å²) in [5.74, 6) is -0.376. The zero-order valence-electron chi connectivity index (χ0n) is 18.6. The lowest BCUT2D eigenvalue weighted by Gasteiger charge is -2.43. The number of benzene rings is 1. The molecule has 3 heterocycles. The highest BCUT2D eigenvalue weighted by Crippen LogP contribution is 2.34. The number of carbonyl (C=O) groups excluding carboxylic acids is 3. The second-order valence-corrected chi connectivity index (χ2v) is 7.94. The Labute approximate surface area is 190 Å². The maximum absolute atomic E-state index is 13.7. The lowest BCUT2D eigenvalue weighted by Crippen LogP contribution is -2.64. The standard InChI is InChI=1S/C23H25N5O5/c1-15(29)25-16-6-8-17(9-7-16)28-21(30)19-13-18(20-5-4-11-33-20)26-27(19)14-23(28,2)22(31)24-10-12-32-3/h4-9,11,13H,10,12,14H2,1-3H3,(H,24,31)(H,25,29)/t23-/m1/s1. The highest BCUT2D eigenvalue weighted by Gasteiger charge is 2.48. The quantitative estimate of drug-likeness (QED) is 0.532. The Balaban J connectivity index is 1.74. The van der Waals surface area contributed by atoms with E-state index >= 15 is 0 Å². The average Bonchev–Trinajstić information content (AvgIpc) is 3.44. The Kier molecular flexibility index (Phi) is 6.01. The molecule has 0 fully saturated rings. The van der Waals surface area contributed by atoms with Crippen LogP contribution in [0.1, 0.15) is 24.3 Å². The van der Waals surface area contributed by atoms with Crippen molar-refractivity contribution in [1.29, 1.82) is 0 Å². The van der Waals surface area contributed by atoms with Gasteiger partial charge in [0, 0.05) is 38.0 Å². The summed E-state index contributed by atoms with van der Waals surface area (Å²) in [5, 5.41) is 10.1. The Bertz CT molecular complexity index is 1170. The molecule has 1 atom stereocenters. The van der Waals surface area contributed by atoms with Crippen molar-refractivity contribution in [1.82, 2.24) is 15.1 Å². The number of hydrogen-bond acceptors (Lipinski definition) is 6. The van der Waals surface area contributed by atoms with Gasteiger partial charge in [-0.25, -0.2) is 0 Å². The van der Waals surface area contributed by atoms with Gasteiger partial charge in [0.1, 0.15) is 16.9 Å². The molecule has 10 heteroatoms. The Morgan fingerprint density at radius 1 is 1.24 bits per heavy atom. The van der Waals surface area contributed by atoms with E-state index in [2.05, 4.69) is 15.7 Å². The molecule has 0 bridgehead atoms. The number of methoxy groups -OCH3 is 1. The number of fused-ring (bicyclic) bond motifs is 1. The van der Waals surface area contributed by atoms with Crippen molar-refractivity contribution in [2.75, 3.05) is 30.5 Å². The fourth-order valence-corrected chi connectivity index (χ4v) is 3.88. The summed E-state index contributed by atoms with van der Waals surface area (Å²) in [7, 11) is 1.55. The molecule has 3 aromatic rings. The van der Waals surface area contributed by atoms with Crippen LogP contribution in [0.5, 0.6) is 0 Å². The molecule has 1 aliphatic rings. The first-order valence-corrected chi connectivity index (χ1v) is 10.4. The highest BCUT2D eigenvalue weighted by atomic mass is 16.5. The van der Waals surface area contributed by atoms with Gasteiger partial charge in [-0.1, -0.05) is 0 Å². The van der Waals surface area contributed by atoms with Gasteiger partial charge in [0.15, 0.2) is 5.76 Å². The Morgan fingerprint density at radius 3 is 2.64 bits per heavy atom. The summed E-state index contributed by atoms with van der Waals surface area (Å²) < 4.78 is 12.0. The van der Waals surface area contributed by atoms with Gasteiger partial charge in [-0.15, -0.1) is 0 Å². The Hall–Kier alpha value is -3.92. The second kappa shape index (κ2) is 8.91. The Morgan fingerprint density at radius 2 is 2.00 bits per heavy atom. The topological polar surface area (TPSA) is 119 Å². The van der Waals surface area contributed by atoms with Crippen LogP contribution in [0.4, 0.5) is 11.4 Å². The first-order chi connectivity index (χ1) is 15.8. The van der Waals surface area contributed by atoms with Crippen molar-refractivity contribution in [3.63, 3.8) is 0 Å². The van der Waals surface area contributed by atoms with Crippen LogP contribution in [0.3, 0.4) is 0 Å². The van der Waals surface area contributed by atoms with Gasteiger partial charge in [0.05, 0.1) is 19.4 Å². The average molecular weight is 451 g/mol. The molecule has 4 rings (SSSR count). The van der Waals surface area contributed by atoms with Gasteiger partial charge in [-0.2, -0.15) is 5.10 Å². The molecule has 33 heavy (non-hydrogen) atoms. The van der Waals surface area contributed by atoms with E-state index in [0.717, 1.165) is 0 Å². The molecule has 0 saturated carbocycles. The van der Waals surface area contributed by atoms with Crippen LogP contribution in [-0.2, 0) is 20.9 Å². The van der Waals surface area contributed by atoms with Crippen molar-refractivity contribution >= 4 is 29.1 Å². The molecule has 2 aromatic heterocycles. The van der Waals surface area contributed by atoms with E-state index in [1.54, 1.807) is 56.5 Å². The number of furan rings is 1. The molecule has 172 valence electrons. The van der Waals surface area contributed by atoms with E-state index in [4.69, 9.17) is 9.15 Å². The monoisotopic (exact) mass is 451 g/mol. The molecule has 0 aliphatic carbocycles. The van der Waals surface area contributed by atoms with Crippen LogP contribution in [-0.4, -0.2) is 53.3 Å². The van der Waals surface area contributed by atoms with Gasteiger partial charge in [-0.3, -0.25) is 24.0 Å². The van der Waals surface area contributed by atoms with Gasteiger partial charge in [0.25, 0.3) is 5.91 Å². The minimum atomic E-state index is -1.26. The van der Waals surface area contributed by atoms with E-state index < -0.39 is 5.54 Å². The van der Waals surface area contributed by atoms with Gasteiger partial charge in [-0.05, 0) is 43.3 Å². The zero-order chi connectivity index (χ0) is 23.6. The van der Waals surface area contributed by atoms with Crippen molar-refractivity contribution < 1.29 is 23.5 Å². The first kappa shape index (κ1) is 22.3. The third-order valence-electron chi connectivity index (χ3n) is 5.45. The number of hydrogen-bond donors (Lipinski definition) is 2. The smallest absolute Gasteiger partial charge is 0.277 e. The summed E-state index contributed by atoms with van der Waals surface area (Å²) in [6.07, 6.45) is 1.53. The van der Waals surface area contributed by atoms with Crippen molar-refractivity contribution in [2.45, 2.75) is 25.9 Å². The van der Waals surface area contributed by atoms with Crippen LogP contribution in [0.25, 0.3) is 11.5 Å². The predicted molar refractivity (Wildman–Crippen MR) is 121 cm³/mol. The molecule has 0 saturated heterocycles. The lowest BCUT2D eigenvalue weighted by molar-refractivity contribution is -0.126. The molecular formula is C23H25N5O5. The van der Waals surface area contributed by atoms with Crippen molar-refractivity contribution in [3.05, 3.63) is 54.4 Å². The van der Waals surface area contributed by atoms with E-state index in [-0.39, 0.29) is 24.3 Å². The van der Waals surface area contributed by atoms with Crippen molar-refractivity contribution in [2.24, 2.45) is 0 Å². The molecule has 10 nitrogen and oxygen atoms in total. The number of ether oxygens (including phenoxy) is 1. The van der Waals surface area contributed by atoms with Gasteiger partial charge in [0.2, 0.25) is 11.8 Å². The van der Waals surface area contributed by atoms with Crippen LogP contribution < -0.4 is 15.5 Å². The fraction of sp³-hybridized carbons (Fsp3) is 0.304. The zero-order valence-corrected chi connectivity index (χ0v) is 18.6. The predicted octanol–water partition coefficient (Wildman–Crippen LogP) is 2.28. The summed E-state index contributed by atoms with van der Waals surface area (Å²) in [6.45, 7) is 3.91. The summed E-state index contributed by atoms with van der Waals surface area (Å²) in [5.41, 5.74) is 0.695. The molecule has 3 amide bonds. The van der Waals surface area contributed by atoms with Gasteiger partial charge >= 0.3 is 0 Å². The van der Waals surface area contributed by atoms with Crippen LogP contribution in [0, 0.1) is 0 Å². The molecule has 0 spiro atoms. The molecule has 2 N–H and O–H groups in total. The van der Waals surface area contributed by atoms with Gasteiger partial charge < -0.3 is 19.8 Å². The third kappa shape index (κ3) is 4.24. The minimum absolute atomic E-state index is 0.140. The van der Waals surface area contributed by atoms with E-state index in [1.807, 2.05) is 0 Å². The van der Waals surface area contributed by atoms with Crippen molar-refractivity contribution in [3.8, 4) is 11.5 Å². The molecule has 0 radical (unpaired) electrons. The van der Waals surface area contributed by atoms with Crippen LogP contribution >= 0.6 is 0 Å². The maximum atomic E-state index is 13.7. The number of amides is 3. The number of nitrogens with zero attached hydrogens (tertiary/aromatic N) is 3. The summed E-state index contributed by atoms with van der Waals surface area (Å²) >= 11 is 0. The summed E-state index contributed by atoms with van der Waals surface area (Å²) in [6, 6.07) is 11.9. The fourth-order valence-electron chi connectivity index (χ4n) is 3.88. The molecule has 0 unspecified atom stereocenters. The summed E-state index contributed by atoms with van der Waals surface area (Å²) in [4.78, 5) is 39.8. The van der Waals surface area contributed by atoms with Crippen LogP contribution in [0.15, 0.2) is 53.1 Å². The van der Waals surface area contributed by atoms with E-state index in [1.165, 1.54) is 22.8 Å². The lowest BCUT2D eigenvalue weighted by atomic mass is 9.94. The number of aromatic nitrogens is 2. The largest absolute Gasteiger partial charge is 0.463 e. The van der Waals surface area contributed by atoms with E-state index in [9.17, 15) is 14.4 Å². The molecule has 1 aliphatic heterocycles. The number of carbonyl (C=O) groups is 3. The first-order valence-electron chi connectivity index (χ1n) is 10.4. The normalized spacial score (nSPS) is 17.5. The number of rotatable bonds is 7. The number of anilines is 2. The maximum Gasteiger partial charge on any atom is 0.277 e. The second-order valence-electron chi connectivity index (χ2n) is 7.94.